The van der Waals surface area contributed by atoms with Crippen molar-refractivity contribution in [1.29, 1.82) is 0 Å². The molecule has 1 fully saturated rings. The number of H-pyrrole nitrogens is 1. The molecule has 23 heavy (non-hydrogen) atoms. The summed E-state index contributed by atoms with van der Waals surface area (Å²) in [5.41, 5.74) is 1.69. The summed E-state index contributed by atoms with van der Waals surface area (Å²) in [4.78, 5) is 4.27. The van der Waals surface area contributed by atoms with E-state index in [1.165, 1.54) is 17.4 Å². The number of fused-ring (bicyclic) bond motifs is 1. The van der Waals surface area contributed by atoms with Crippen molar-refractivity contribution in [2.45, 2.75) is 18.9 Å². The number of hydrogen-bond acceptors (Lipinski definition) is 6. The lowest BCUT2D eigenvalue weighted by Crippen LogP contribution is -2.48. The van der Waals surface area contributed by atoms with Gasteiger partial charge in [0, 0.05) is 35.5 Å². The number of aliphatic hydroxyl groups is 2. The van der Waals surface area contributed by atoms with Gasteiger partial charge in [-0.25, -0.2) is 13.4 Å². The Balaban J connectivity index is 1.93. The number of sulfonamides is 1. The van der Waals surface area contributed by atoms with Crippen LogP contribution in [0.5, 0.6) is 0 Å². The van der Waals surface area contributed by atoms with Gasteiger partial charge in [0.2, 0.25) is 10.0 Å². The molecular formula is C14H18N4O4S. The summed E-state index contributed by atoms with van der Waals surface area (Å²) >= 11 is 0. The van der Waals surface area contributed by atoms with Crippen LogP contribution in [0.15, 0.2) is 23.7 Å². The van der Waals surface area contributed by atoms with E-state index in [4.69, 9.17) is 0 Å². The van der Waals surface area contributed by atoms with Gasteiger partial charge in [-0.2, -0.15) is 9.40 Å². The van der Waals surface area contributed by atoms with Gasteiger partial charge in [-0.3, -0.25) is 5.10 Å². The minimum atomic E-state index is -3.45. The fraction of sp³-hybridized carbons (Fsp3) is 0.429. The molecule has 0 amide bonds. The molecule has 0 saturated carbocycles. The molecule has 2 aromatic rings. The lowest BCUT2D eigenvalue weighted by atomic mass is 9.94. The number of aliphatic hydroxyl groups excluding tert-OH is 2. The van der Waals surface area contributed by atoms with Gasteiger partial charge in [-0.1, -0.05) is 6.58 Å². The Morgan fingerprint density at radius 3 is 2.87 bits per heavy atom. The van der Waals surface area contributed by atoms with Crippen LogP contribution in [0.25, 0.3) is 11.0 Å². The first-order valence-corrected chi connectivity index (χ1v) is 8.57. The monoisotopic (exact) mass is 338 g/mol. The van der Waals surface area contributed by atoms with E-state index < -0.39 is 22.7 Å². The van der Waals surface area contributed by atoms with Crippen molar-refractivity contribution in [3.63, 3.8) is 0 Å². The predicted molar refractivity (Wildman–Crippen MR) is 84.0 cm³/mol. The molecule has 0 aliphatic carbocycles. The van der Waals surface area contributed by atoms with Gasteiger partial charge >= 0.3 is 0 Å². The normalized spacial score (nSPS) is 18.0. The number of nitrogens with one attached hydrogen (secondary N) is 1. The second kappa shape index (κ2) is 5.68. The van der Waals surface area contributed by atoms with E-state index in [0.29, 0.717) is 35.4 Å². The summed E-state index contributed by atoms with van der Waals surface area (Å²) in [5, 5.41) is 26.8. The Bertz CT molecular complexity index is 855. The Hall–Kier alpha value is -1.81. The molecule has 3 rings (SSSR count). The van der Waals surface area contributed by atoms with Crippen LogP contribution in [0.3, 0.4) is 0 Å². The van der Waals surface area contributed by atoms with Crippen LogP contribution in [0.2, 0.25) is 0 Å². The molecule has 3 heterocycles. The van der Waals surface area contributed by atoms with E-state index in [2.05, 4.69) is 21.8 Å². The summed E-state index contributed by atoms with van der Waals surface area (Å²) in [5.74, 6) is -0.0910. The highest BCUT2D eigenvalue weighted by atomic mass is 32.2. The zero-order valence-electron chi connectivity index (χ0n) is 12.6. The minimum absolute atomic E-state index is 0.0910. The quantitative estimate of drug-likeness (QED) is 0.719. The number of rotatable bonds is 5. The molecule has 8 nitrogen and oxygen atoms in total. The van der Waals surface area contributed by atoms with E-state index in [9.17, 15) is 18.6 Å². The molecule has 9 heteroatoms. The Kier molecular flexibility index (Phi) is 3.96. The highest BCUT2D eigenvalue weighted by Crippen LogP contribution is 2.35. The molecule has 124 valence electrons. The van der Waals surface area contributed by atoms with E-state index in [-0.39, 0.29) is 10.8 Å². The third-order valence-electron chi connectivity index (χ3n) is 4.07. The van der Waals surface area contributed by atoms with Gasteiger partial charge < -0.3 is 10.2 Å². The van der Waals surface area contributed by atoms with Gasteiger partial charge in [-0.15, -0.1) is 0 Å². The third kappa shape index (κ3) is 2.55. The second-order valence-corrected chi connectivity index (χ2v) is 7.82. The molecule has 3 N–H and O–H groups in total. The van der Waals surface area contributed by atoms with E-state index in [0.717, 1.165) is 0 Å². The van der Waals surface area contributed by atoms with E-state index >= 15 is 0 Å². The predicted octanol–water partition coefficient (Wildman–Crippen LogP) is 0.246. The molecule has 1 atom stereocenters. The van der Waals surface area contributed by atoms with Gasteiger partial charge in [0.05, 0.1) is 12.3 Å². The van der Waals surface area contributed by atoms with Crippen LogP contribution in [-0.4, -0.2) is 57.8 Å². The summed E-state index contributed by atoms with van der Waals surface area (Å²) in [6, 6.07) is 1.63. The highest BCUT2D eigenvalue weighted by Gasteiger charge is 2.39. The minimum Gasteiger partial charge on any atom is -0.393 e. The topological polar surface area (TPSA) is 119 Å². The standard InChI is InChI=1S/C14H18N4O4S/c1-8(2)23(21,22)18-5-9(6-18)13-12-10(11(20)7-19)3-4-15-14(12)17-16-13/h3-4,9,11,19-20H,1,5-7H2,2H3,(H,15,16,17). The SMILES string of the molecule is C=C(C)S(=O)(=O)N1CC(c2n[nH]c3nccc(C(O)CO)c23)C1. The van der Waals surface area contributed by atoms with Crippen molar-refractivity contribution >= 4 is 21.1 Å². The number of nitrogens with zero attached hydrogens (tertiary/aromatic N) is 3. The molecule has 1 aliphatic rings. The smallest absolute Gasteiger partial charge is 0.238 e. The number of hydrogen-bond donors (Lipinski definition) is 3. The fourth-order valence-corrected chi connectivity index (χ4v) is 3.89. The molecule has 0 aromatic carbocycles. The van der Waals surface area contributed by atoms with Crippen LogP contribution < -0.4 is 0 Å². The largest absolute Gasteiger partial charge is 0.393 e. The van der Waals surface area contributed by atoms with Crippen molar-refractivity contribution in [2.24, 2.45) is 0 Å². The first kappa shape index (κ1) is 16.1. The van der Waals surface area contributed by atoms with E-state index in [1.54, 1.807) is 6.07 Å². The second-order valence-electron chi connectivity index (χ2n) is 5.65. The summed E-state index contributed by atoms with van der Waals surface area (Å²) in [6.07, 6.45) is 0.490. The lowest BCUT2D eigenvalue weighted by molar-refractivity contribution is 0.0966. The Labute approximate surface area is 133 Å². The first-order chi connectivity index (χ1) is 10.9. The average molecular weight is 338 g/mol. The summed E-state index contributed by atoms with van der Waals surface area (Å²) in [7, 11) is -3.45. The molecule has 0 radical (unpaired) electrons. The van der Waals surface area contributed by atoms with Crippen LogP contribution in [0.1, 0.15) is 30.2 Å². The Morgan fingerprint density at radius 1 is 1.57 bits per heavy atom. The number of pyridine rings is 1. The number of aromatic amines is 1. The zero-order valence-corrected chi connectivity index (χ0v) is 13.4. The first-order valence-electron chi connectivity index (χ1n) is 7.13. The summed E-state index contributed by atoms with van der Waals surface area (Å²) in [6.45, 7) is 5.15. The third-order valence-corrected chi connectivity index (χ3v) is 5.93. The molecule has 1 aliphatic heterocycles. The van der Waals surface area contributed by atoms with Crippen LogP contribution in [0.4, 0.5) is 0 Å². The maximum absolute atomic E-state index is 12.0. The highest BCUT2D eigenvalue weighted by molar-refractivity contribution is 7.93. The van der Waals surface area contributed by atoms with Crippen LogP contribution in [0, 0.1) is 0 Å². The van der Waals surface area contributed by atoms with Gasteiger partial charge in [0.15, 0.2) is 5.65 Å². The van der Waals surface area contributed by atoms with Crippen LogP contribution >= 0.6 is 0 Å². The van der Waals surface area contributed by atoms with Gasteiger partial charge in [0.25, 0.3) is 0 Å². The molecule has 1 unspecified atom stereocenters. The lowest BCUT2D eigenvalue weighted by Gasteiger charge is -2.37. The maximum Gasteiger partial charge on any atom is 0.238 e. The van der Waals surface area contributed by atoms with Gasteiger partial charge in [0.1, 0.15) is 6.10 Å². The molecule has 1 saturated heterocycles. The molecule has 0 spiro atoms. The van der Waals surface area contributed by atoms with Crippen molar-refractivity contribution in [1.82, 2.24) is 19.5 Å². The van der Waals surface area contributed by atoms with Crippen molar-refractivity contribution < 1.29 is 18.6 Å². The van der Waals surface area contributed by atoms with Crippen LogP contribution in [-0.2, 0) is 10.0 Å². The molecule has 0 bridgehead atoms. The fourth-order valence-electron chi connectivity index (χ4n) is 2.70. The average Bonchev–Trinajstić information content (AvgIpc) is 2.88. The van der Waals surface area contributed by atoms with Crippen molar-refractivity contribution in [3.05, 3.63) is 35.0 Å². The van der Waals surface area contributed by atoms with Gasteiger partial charge in [-0.05, 0) is 18.6 Å². The Morgan fingerprint density at radius 2 is 2.26 bits per heavy atom. The molecular weight excluding hydrogens is 320 g/mol. The van der Waals surface area contributed by atoms with Crippen molar-refractivity contribution in [3.8, 4) is 0 Å². The number of allylic oxidation sites excluding steroid dienone is 1. The number of aromatic nitrogens is 3. The maximum atomic E-state index is 12.0. The van der Waals surface area contributed by atoms with Crippen molar-refractivity contribution in [2.75, 3.05) is 19.7 Å². The summed E-state index contributed by atoms with van der Waals surface area (Å²) < 4.78 is 25.4. The zero-order chi connectivity index (χ0) is 16.8. The van der Waals surface area contributed by atoms with E-state index in [1.807, 2.05) is 0 Å². The molecule has 2 aromatic heterocycles.